The smallest absolute Gasteiger partial charge is 0.169 e. The molecule has 0 atom stereocenters. The highest BCUT2D eigenvalue weighted by atomic mass is 16.5. The van der Waals surface area contributed by atoms with Crippen molar-refractivity contribution in [2.24, 2.45) is 20.0 Å². The van der Waals surface area contributed by atoms with Crippen molar-refractivity contribution in [1.82, 2.24) is 9.80 Å². The number of ether oxygens (including phenoxy) is 2. The van der Waals surface area contributed by atoms with Gasteiger partial charge >= 0.3 is 0 Å². The van der Waals surface area contributed by atoms with Crippen LogP contribution in [0, 0.1) is 0 Å². The second-order valence-electron chi connectivity index (χ2n) is 24.4. The molecule has 0 radical (unpaired) electrons. The third-order valence-electron chi connectivity index (χ3n) is 18.5. The number of rotatable bonds is 25. The Bertz CT molecular complexity index is 3950. The highest BCUT2D eigenvalue weighted by molar-refractivity contribution is 6.37. The van der Waals surface area contributed by atoms with Crippen LogP contribution in [-0.2, 0) is 13.1 Å². The first-order valence-corrected chi connectivity index (χ1v) is 33.5. The van der Waals surface area contributed by atoms with Crippen molar-refractivity contribution in [1.29, 1.82) is 0 Å². The number of aromatic nitrogens is 2. The largest absolute Gasteiger partial charge is 0.494 e. The van der Waals surface area contributed by atoms with Crippen LogP contribution in [0.15, 0.2) is 257 Å². The van der Waals surface area contributed by atoms with Gasteiger partial charge in [0.2, 0.25) is 0 Å². The van der Waals surface area contributed by atoms with Crippen LogP contribution in [0.2, 0.25) is 0 Å². The number of aryl methyl sites for hydroxylation is 2. The van der Waals surface area contributed by atoms with Crippen molar-refractivity contribution < 1.29 is 18.6 Å². The van der Waals surface area contributed by atoms with Gasteiger partial charge in [0.1, 0.15) is 18.0 Å². The number of unbranched alkanes of at least 4 members (excludes halogenated alkanes) is 4. The molecule has 0 spiro atoms. The quantitative estimate of drug-likeness (QED) is 0.0489. The minimum Gasteiger partial charge on any atom is -0.494 e. The fourth-order valence-electron chi connectivity index (χ4n) is 13.3. The number of hydrogen-bond acceptors (Lipinski definition) is 8. The Morgan fingerprint density at radius 1 is 0.411 bits per heavy atom. The van der Waals surface area contributed by atoms with Crippen LogP contribution in [0.25, 0.3) is 22.3 Å². The summed E-state index contributed by atoms with van der Waals surface area (Å²) < 4.78 is 17.8. The molecule has 90 heavy (non-hydrogen) atoms. The maximum atomic E-state index is 6.62. The Morgan fingerprint density at radius 2 is 0.822 bits per heavy atom. The normalized spacial score (nSPS) is 17.2. The molecule has 9 heterocycles. The minimum absolute atomic E-state index is 0.578. The van der Waals surface area contributed by atoms with E-state index in [1.165, 1.54) is 83.1 Å². The lowest BCUT2D eigenvalue weighted by Crippen LogP contribution is -2.33. The molecule has 8 bridgehead atoms. The van der Waals surface area contributed by atoms with Crippen molar-refractivity contribution >= 4 is 34.0 Å². The molecular weight excluding hydrogens is 1100 g/mol. The summed E-state index contributed by atoms with van der Waals surface area (Å²) in [6.45, 7) is 27.4. The lowest BCUT2D eigenvalue weighted by Gasteiger charge is -2.22. The number of nitrogens with zero attached hydrogens (tertiary/aromatic N) is 8. The van der Waals surface area contributed by atoms with Crippen molar-refractivity contribution in [2.75, 3.05) is 26.3 Å². The van der Waals surface area contributed by atoms with Gasteiger partial charge in [0.25, 0.3) is 0 Å². The summed E-state index contributed by atoms with van der Waals surface area (Å²) in [6, 6.07) is 26.0. The molecule has 0 aliphatic carbocycles. The second-order valence-corrected chi connectivity index (χ2v) is 24.4. The fourth-order valence-corrected chi connectivity index (χ4v) is 13.3. The van der Waals surface area contributed by atoms with Crippen molar-refractivity contribution in [3.63, 3.8) is 0 Å². The number of benzene rings is 2. The highest BCUT2D eigenvalue weighted by Crippen LogP contribution is 2.45. The van der Waals surface area contributed by atoms with Crippen molar-refractivity contribution in [3.8, 4) is 22.6 Å². The van der Waals surface area contributed by atoms with Gasteiger partial charge in [0.15, 0.2) is 31.3 Å². The Kier molecular flexibility index (Phi) is 20.4. The molecule has 0 N–H and O–H groups in total. The molecular formula is C80H92N8O2+2. The first-order chi connectivity index (χ1) is 44.0. The number of fused-ring (bicyclic) bond motifs is 4. The molecule has 462 valence electrons. The average Bonchev–Trinajstić information content (AvgIpc) is 1.64. The third kappa shape index (κ3) is 13.8. The second kappa shape index (κ2) is 29.3. The highest BCUT2D eigenvalue weighted by Gasteiger charge is 2.34. The topological polar surface area (TPSA) is 82.1 Å². The molecule has 0 amide bonds. The molecule has 10 nitrogen and oxygen atoms in total. The summed E-state index contributed by atoms with van der Waals surface area (Å²) in [7, 11) is 0. The van der Waals surface area contributed by atoms with E-state index in [9.17, 15) is 0 Å². The van der Waals surface area contributed by atoms with Crippen LogP contribution in [-0.4, -0.2) is 58.9 Å². The van der Waals surface area contributed by atoms with Crippen LogP contribution in [0.1, 0.15) is 157 Å². The van der Waals surface area contributed by atoms with E-state index in [1.807, 2.05) is 0 Å². The molecule has 10 heteroatoms. The Labute approximate surface area is 536 Å². The molecule has 7 aliphatic rings. The zero-order valence-electron chi connectivity index (χ0n) is 55.1. The molecule has 2 aromatic heterocycles. The Balaban J connectivity index is 0.868. The summed E-state index contributed by atoms with van der Waals surface area (Å²) >= 11 is 0. The van der Waals surface area contributed by atoms with Crippen LogP contribution in [0.5, 0.6) is 11.5 Å². The van der Waals surface area contributed by atoms with Crippen LogP contribution >= 0.6 is 0 Å². The lowest BCUT2D eigenvalue weighted by atomic mass is 9.89. The third-order valence-corrected chi connectivity index (χ3v) is 18.5. The molecule has 0 unspecified atom stereocenters. The maximum absolute atomic E-state index is 6.62. The number of hydrogen-bond donors (Lipinski definition) is 0. The van der Waals surface area contributed by atoms with E-state index in [0.717, 1.165) is 166 Å². The van der Waals surface area contributed by atoms with E-state index in [4.69, 9.17) is 29.4 Å². The molecule has 0 saturated heterocycles. The van der Waals surface area contributed by atoms with Gasteiger partial charge in [-0.3, -0.25) is 0 Å². The fraction of sp³-hybridized carbons (Fsp3) is 0.350. The Morgan fingerprint density at radius 3 is 1.26 bits per heavy atom. The van der Waals surface area contributed by atoms with Gasteiger partial charge in [0, 0.05) is 86.1 Å². The zero-order valence-corrected chi connectivity index (χ0v) is 55.1. The van der Waals surface area contributed by atoms with Gasteiger partial charge < -0.3 is 19.3 Å². The van der Waals surface area contributed by atoms with Gasteiger partial charge in [-0.25, -0.2) is 29.1 Å². The van der Waals surface area contributed by atoms with E-state index in [0.29, 0.717) is 13.2 Å². The zero-order chi connectivity index (χ0) is 62.7. The van der Waals surface area contributed by atoms with Gasteiger partial charge in [-0.2, -0.15) is 0 Å². The van der Waals surface area contributed by atoms with Crippen LogP contribution in [0.3, 0.4) is 0 Å². The summed E-state index contributed by atoms with van der Waals surface area (Å²) in [5, 5.41) is 0. The predicted octanol–water partition coefficient (Wildman–Crippen LogP) is 18.2. The van der Waals surface area contributed by atoms with Gasteiger partial charge in [-0.15, -0.1) is 0 Å². The van der Waals surface area contributed by atoms with E-state index < -0.39 is 0 Å². The molecule has 2 aromatic carbocycles. The van der Waals surface area contributed by atoms with Crippen LogP contribution < -0.4 is 18.6 Å². The van der Waals surface area contributed by atoms with Gasteiger partial charge in [-0.05, 0) is 211 Å². The maximum Gasteiger partial charge on any atom is 0.169 e. The summed E-state index contributed by atoms with van der Waals surface area (Å²) in [5.74, 6) is 1.65. The van der Waals surface area contributed by atoms with Crippen molar-refractivity contribution in [2.45, 2.75) is 159 Å². The summed E-state index contributed by atoms with van der Waals surface area (Å²) in [5.41, 5.74) is 26.0. The molecule has 4 aromatic rings. The number of aliphatic imine (C=N–C) groups is 4. The summed E-state index contributed by atoms with van der Waals surface area (Å²) in [6.07, 6.45) is 43.3. The minimum atomic E-state index is 0.578. The SMILES string of the molecule is CCCCCN1C=CC(=C2C=CN(CCCOc3cccc(C4=C5N=C(C=C6N=C(C(C)=C6CC)C(c6cccc(OCCC[n+]7ccc(-c8cc[n+](CCCCC)cc8)cc7)c6)=C6N=C(C=C7N=C4C(C)=C7CC)C(CC)=C6C)C(CC)=C5C)c3)C=C2)C=C1. The van der Waals surface area contributed by atoms with Gasteiger partial charge in [0.05, 0.1) is 58.8 Å². The first-order valence-electron chi connectivity index (χ1n) is 33.5. The van der Waals surface area contributed by atoms with Gasteiger partial charge in [-0.1, -0.05) is 85.1 Å². The monoisotopic (exact) mass is 1200 g/mol. The Hall–Kier alpha value is -8.76. The molecule has 11 rings (SSSR count). The van der Waals surface area contributed by atoms with E-state index in [-0.39, 0.29) is 0 Å². The van der Waals surface area contributed by atoms with E-state index in [2.05, 4.69) is 247 Å². The average molecular weight is 1200 g/mol. The molecule has 0 saturated carbocycles. The first kappa shape index (κ1) is 62.8. The lowest BCUT2D eigenvalue weighted by molar-refractivity contribution is -0.697. The van der Waals surface area contributed by atoms with E-state index >= 15 is 0 Å². The molecule has 0 fully saturated rings. The van der Waals surface area contributed by atoms with E-state index in [1.54, 1.807) is 0 Å². The standard InChI is InChI=1S/C80H92N8O2/c1-11-17-19-37-85-41-29-59(30-42-85)61-33-45-87(46-34-61)39-23-49-89-65-27-21-25-63(51-65)75-77-55(7)67(13-3)71(81-77)53-73-69(15-5)57(9)79(83-73)76(80-58(10)70(16-6)74(84-80)54-72-68(14-4)56(8)78(75)82-72)64-26-22-28-66(52-64)90-50-24-40-88-47-35-62(36-48-88)60-31-43-86(44-32-60)38-20-18-12-2/h21-22,25-36,41-48,51-54H,11-20,23-24,37-40,49-50H2,1-10H3/q+2. The van der Waals surface area contributed by atoms with Crippen LogP contribution in [0.4, 0.5) is 0 Å². The number of pyridine rings is 2. The number of allylic oxidation sites excluding steroid dienone is 18. The van der Waals surface area contributed by atoms with Crippen molar-refractivity contribution in [3.05, 3.63) is 248 Å². The predicted molar refractivity (Wildman–Crippen MR) is 373 cm³/mol. The summed E-state index contributed by atoms with van der Waals surface area (Å²) in [4.78, 5) is 27.2. The molecule has 7 aliphatic heterocycles.